The second-order valence-corrected chi connectivity index (χ2v) is 3.52. The summed E-state index contributed by atoms with van der Waals surface area (Å²) in [7, 11) is 0. The number of nitrogens with two attached hydrogens (primary N) is 3. The fourth-order valence-corrected chi connectivity index (χ4v) is 1.50. The van der Waals surface area contributed by atoms with Crippen molar-refractivity contribution in [3.8, 4) is 0 Å². The van der Waals surface area contributed by atoms with Gasteiger partial charge in [0, 0.05) is 0 Å². The maximum Gasteiger partial charge on any atom is 0.343 e. The summed E-state index contributed by atoms with van der Waals surface area (Å²) in [5.41, 5.74) is 16.1. The summed E-state index contributed by atoms with van der Waals surface area (Å²) in [4.78, 5) is 1.02. The molecule has 0 saturated heterocycles. The molecule has 0 aromatic carbocycles. The lowest BCUT2D eigenvalue weighted by Gasteiger charge is -2.22. The molecule has 10 nitrogen and oxygen atoms in total. The highest BCUT2D eigenvalue weighted by Gasteiger charge is 2.28. The predicted octanol–water partition coefficient (Wildman–Crippen LogP) is -3.51. The topological polar surface area (TPSA) is 176 Å². The van der Waals surface area contributed by atoms with Crippen LogP contribution in [-0.2, 0) is 0 Å². The summed E-state index contributed by atoms with van der Waals surface area (Å²) >= 11 is 0. The lowest BCUT2D eigenvalue weighted by molar-refractivity contribution is -1.17. The summed E-state index contributed by atoms with van der Waals surface area (Å²) in [5, 5.41) is 40.9. The Kier molecular flexibility index (Phi) is 4.18. The van der Waals surface area contributed by atoms with Gasteiger partial charge in [0.2, 0.25) is 0 Å². The van der Waals surface area contributed by atoms with Gasteiger partial charge in [-0.1, -0.05) is 9.69 Å². The van der Waals surface area contributed by atoms with Crippen LogP contribution in [0, 0.1) is 10.4 Å². The van der Waals surface area contributed by atoms with Gasteiger partial charge in [-0.05, 0) is 0 Å². The summed E-state index contributed by atoms with van der Waals surface area (Å²) in [6, 6.07) is 0. The van der Waals surface area contributed by atoms with Crippen LogP contribution in [0.2, 0.25) is 0 Å². The number of rotatable bonds is 5. The molecule has 10 heteroatoms. The van der Waals surface area contributed by atoms with Crippen LogP contribution in [0.3, 0.4) is 0 Å². The molecule has 0 radical (unpaired) electrons. The van der Waals surface area contributed by atoms with Gasteiger partial charge in [0.1, 0.15) is 13.1 Å². The minimum Gasteiger partial charge on any atom is -0.675 e. The summed E-state index contributed by atoms with van der Waals surface area (Å²) in [6.45, 7) is -0.558. The summed E-state index contributed by atoms with van der Waals surface area (Å²) in [6.07, 6.45) is 0. The van der Waals surface area contributed by atoms with E-state index < -0.39 is 5.82 Å². The van der Waals surface area contributed by atoms with Crippen LogP contribution in [0.4, 0.5) is 23.0 Å². The average molecular weight is 260 g/mol. The Balaban J connectivity index is 3.37. The highest BCUT2D eigenvalue weighted by Crippen LogP contribution is 2.26. The van der Waals surface area contributed by atoms with Crippen LogP contribution in [0.15, 0.2) is 0 Å². The smallest absolute Gasteiger partial charge is 0.343 e. The maximum absolute atomic E-state index is 11.7. The first kappa shape index (κ1) is 13.9. The average Bonchev–Trinajstić information content (AvgIpc) is 2.35. The van der Waals surface area contributed by atoms with Crippen LogP contribution in [-0.4, -0.2) is 36.5 Å². The van der Waals surface area contributed by atoms with Gasteiger partial charge in [0.15, 0.2) is 11.4 Å². The number of hydrogen-bond acceptors (Lipinski definition) is 8. The molecule has 102 valence electrons. The van der Waals surface area contributed by atoms with Gasteiger partial charge < -0.3 is 32.1 Å². The lowest BCUT2D eigenvalue weighted by atomic mass is 10.3. The van der Waals surface area contributed by atoms with Crippen LogP contribution in [0.1, 0.15) is 0 Å². The Morgan fingerprint density at radius 1 is 0.944 bits per heavy atom. The highest BCUT2D eigenvalue weighted by molar-refractivity contribution is 5.79. The van der Waals surface area contributed by atoms with Gasteiger partial charge in [-0.15, -0.1) is 0 Å². The maximum atomic E-state index is 11.7. The number of aromatic nitrogens is 2. The van der Waals surface area contributed by atoms with E-state index in [2.05, 4.69) is 0 Å². The second kappa shape index (κ2) is 5.42. The zero-order valence-electron chi connectivity index (χ0n) is 9.61. The van der Waals surface area contributed by atoms with Crippen LogP contribution < -0.4 is 31.8 Å². The number of nitrogen functional groups attached to an aromatic ring is 3. The number of nitrogens with zero attached hydrogens (tertiary/aromatic N) is 3. The molecule has 1 aromatic heterocycles. The fraction of sp³-hybridized carbons (Fsp3) is 0.500. The largest absolute Gasteiger partial charge is 0.675 e. The monoisotopic (exact) mass is 260 g/mol. The zero-order chi connectivity index (χ0) is 13.9. The Hall–Kier alpha value is -2.20. The fourth-order valence-electron chi connectivity index (χ4n) is 1.50. The molecule has 0 amide bonds. The second-order valence-electron chi connectivity index (χ2n) is 3.52. The molecule has 0 atom stereocenters. The van der Waals surface area contributed by atoms with E-state index in [1.165, 1.54) is 4.90 Å². The van der Waals surface area contributed by atoms with Gasteiger partial charge in [-0.25, -0.2) is 0 Å². The van der Waals surface area contributed by atoms with Gasteiger partial charge in [0.25, 0.3) is 0 Å². The van der Waals surface area contributed by atoms with E-state index in [1.807, 2.05) is 0 Å². The molecule has 18 heavy (non-hydrogen) atoms. The first-order valence-corrected chi connectivity index (χ1v) is 5.12. The molecule has 1 heterocycles. The third kappa shape index (κ3) is 2.24. The van der Waals surface area contributed by atoms with Crippen LogP contribution in [0.5, 0.6) is 0 Å². The third-order valence-electron chi connectivity index (χ3n) is 2.40. The molecule has 0 aliphatic carbocycles. The minimum atomic E-state index is -0.501. The van der Waals surface area contributed by atoms with Gasteiger partial charge in [-0.2, -0.15) is 0 Å². The first-order chi connectivity index (χ1) is 8.45. The van der Waals surface area contributed by atoms with Crippen molar-refractivity contribution in [1.29, 1.82) is 0 Å². The van der Waals surface area contributed by atoms with Gasteiger partial charge in [0.05, 0.1) is 13.2 Å². The zero-order valence-corrected chi connectivity index (χ0v) is 9.61. The number of aliphatic hydroxyl groups is 2. The van der Waals surface area contributed by atoms with Crippen molar-refractivity contribution in [2.45, 2.75) is 0 Å². The van der Waals surface area contributed by atoms with Crippen LogP contribution >= 0.6 is 0 Å². The third-order valence-corrected chi connectivity index (χ3v) is 2.40. The van der Waals surface area contributed by atoms with Crippen molar-refractivity contribution in [3.63, 3.8) is 0 Å². The molecular weight excluding hydrogens is 244 g/mol. The summed E-state index contributed by atoms with van der Waals surface area (Å²) < 4.78 is 0. The predicted molar refractivity (Wildman–Crippen MR) is 64.0 cm³/mol. The molecule has 1 rings (SSSR count). The summed E-state index contributed by atoms with van der Waals surface area (Å²) in [5.74, 6) is -0.751. The van der Waals surface area contributed by atoms with Crippen molar-refractivity contribution >= 4 is 23.0 Å². The Morgan fingerprint density at radius 2 is 1.44 bits per heavy atom. The molecule has 0 spiro atoms. The molecule has 1 aromatic rings. The Morgan fingerprint density at radius 3 is 1.89 bits per heavy atom. The molecular formula is C8H16N6O4. The Bertz CT molecular complexity index is 405. The molecule has 0 fully saturated rings. The molecule has 0 unspecified atom stereocenters. The van der Waals surface area contributed by atoms with Gasteiger partial charge >= 0.3 is 11.6 Å². The first-order valence-electron chi connectivity index (χ1n) is 5.12. The van der Waals surface area contributed by atoms with E-state index in [0.29, 0.717) is 0 Å². The molecule has 8 N–H and O–H groups in total. The normalized spacial score (nSPS) is 10.6. The standard InChI is InChI=1S/C8H16N6O4/c9-5-6(10)8(12(1-3-15)2-4-16)14(18)13(17)7(5)11/h15-16H,1-4,9-11H2. The van der Waals surface area contributed by atoms with Crippen molar-refractivity contribution in [2.24, 2.45) is 0 Å². The van der Waals surface area contributed by atoms with E-state index >= 15 is 0 Å². The highest BCUT2D eigenvalue weighted by atomic mass is 16.6. The quantitative estimate of drug-likeness (QED) is 0.267. The SMILES string of the molecule is Nc1c(N)c(N(CCO)CCO)[n+]([O-])[n+]([O-])c1N. The van der Waals surface area contributed by atoms with E-state index in [9.17, 15) is 10.4 Å². The molecule has 0 aliphatic heterocycles. The molecule has 0 saturated carbocycles. The van der Waals surface area contributed by atoms with Crippen molar-refractivity contribution < 1.29 is 19.9 Å². The van der Waals surface area contributed by atoms with Crippen molar-refractivity contribution in [2.75, 3.05) is 48.4 Å². The molecule has 0 bridgehead atoms. The number of hydrogen-bond donors (Lipinski definition) is 5. The van der Waals surface area contributed by atoms with Gasteiger partial charge in [-0.3, -0.25) is 10.6 Å². The Labute approximate surface area is 103 Å². The molecule has 0 aliphatic rings. The van der Waals surface area contributed by atoms with Crippen molar-refractivity contribution in [3.05, 3.63) is 10.4 Å². The van der Waals surface area contributed by atoms with E-state index in [1.54, 1.807) is 0 Å². The van der Waals surface area contributed by atoms with E-state index in [-0.39, 0.29) is 53.2 Å². The lowest BCUT2D eigenvalue weighted by Crippen LogP contribution is -2.65. The number of aliphatic hydroxyl groups excluding tert-OH is 2. The van der Waals surface area contributed by atoms with E-state index in [4.69, 9.17) is 27.4 Å². The minimum absolute atomic E-state index is 0.0103. The number of anilines is 4. The van der Waals surface area contributed by atoms with Crippen molar-refractivity contribution in [1.82, 2.24) is 0 Å². The van der Waals surface area contributed by atoms with E-state index in [0.717, 1.165) is 0 Å². The van der Waals surface area contributed by atoms with Crippen LogP contribution in [0.25, 0.3) is 0 Å².